The third kappa shape index (κ3) is 2.31. The van der Waals surface area contributed by atoms with Crippen molar-refractivity contribution in [2.75, 3.05) is 26.6 Å². The Morgan fingerprint density at radius 2 is 1.80 bits per heavy atom. The molecule has 0 aromatic heterocycles. The molecule has 0 saturated heterocycles. The number of methoxy groups -OCH3 is 2. The van der Waals surface area contributed by atoms with E-state index in [4.69, 9.17) is 26.0 Å². The summed E-state index contributed by atoms with van der Waals surface area (Å²) in [7, 11) is 3.06. The number of aliphatic hydroxyl groups is 1. The van der Waals surface area contributed by atoms with Crippen LogP contribution in [0.25, 0.3) is 0 Å². The molecule has 0 aliphatic heterocycles. The van der Waals surface area contributed by atoms with Gasteiger partial charge in [0.25, 0.3) is 0 Å². The van der Waals surface area contributed by atoms with Gasteiger partial charge in [-0.05, 0) is 11.6 Å². The Bertz CT molecular complexity index is 342. The normalized spacial score (nSPS) is 12.3. The van der Waals surface area contributed by atoms with Crippen molar-refractivity contribution in [3.8, 4) is 11.5 Å². The molecule has 0 amide bonds. The fourth-order valence-electron chi connectivity index (χ4n) is 1.33. The largest absolute Gasteiger partial charge is 0.493 e. The molecule has 1 aromatic rings. The molecular formula is C10H16N2O3. The van der Waals surface area contributed by atoms with Crippen LogP contribution in [0.1, 0.15) is 11.6 Å². The lowest BCUT2D eigenvalue weighted by molar-refractivity contribution is 0.267. The van der Waals surface area contributed by atoms with Crippen molar-refractivity contribution in [3.63, 3.8) is 0 Å². The van der Waals surface area contributed by atoms with Gasteiger partial charge in [-0.3, -0.25) is 0 Å². The van der Waals surface area contributed by atoms with Crippen molar-refractivity contribution >= 4 is 5.69 Å². The van der Waals surface area contributed by atoms with Crippen LogP contribution in [0.2, 0.25) is 0 Å². The Kier molecular flexibility index (Phi) is 3.76. The van der Waals surface area contributed by atoms with Gasteiger partial charge in [0, 0.05) is 11.8 Å². The Labute approximate surface area is 88.6 Å². The van der Waals surface area contributed by atoms with Gasteiger partial charge in [0.1, 0.15) is 0 Å². The highest BCUT2D eigenvalue weighted by Gasteiger charge is 2.13. The third-order valence-corrected chi connectivity index (χ3v) is 2.19. The predicted octanol–water partition coefficient (Wildman–Crippen LogP) is 0.278. The Balaban J connectivity index is 3.19. The van der Waals surface area contributed by atoms with Crippen LogP contribution >= 0.6 is 0 Å². The van der Waals surface area contributed by atoms with Gasteiger partial charge in [0.05, 0.1) is 26.9 Å². The van der Waals surface area contributed by atoms with E-state index in [0.717, 1.165) is 0 Å². The van der Waals surface area contributed by atoms with Crippen molar-refractivity contribution in [2.45, 2.75) is 6.04 Å². The van der Waals surface area contributed by atoms with Gasteiger partial charge in [0.15, 0.2) is 11.5 Å². The summed E-state index contributed by atoms with van der Waals surface area (Å²) >= 11 is 0. The first-order valence-electron chi connectivity index (χ1n) is 4.51. The summed E-state index contributed by atoms with van der Waals surface area (Å²) in [4.78, 5) is 0. The third-order valence-electron chi connectivity index (χ3n) is 2.19. The van der Waals surface area contributed by atoms with Crippen molar-refractivity contribution < 1.29 is 14.6 Å². The molecule has 0 fully saturated rings. The van der Waals surface area contributed by atoms with E-state index in [1.165, 1.54) is 14.2 Å². The molecule has 5 heteroatoms. The van der Waals surface area contributed by atoms with E-state index < -0.39 is 6.04 Å². The minimum Gasteiger partial charge on any atom is -0.493 e. The predicted molar refractivity (Wildman–Crippen MR) is 58.0 cm³/mol. The van der Waals surface area contributed by atoms with Crippen molar-refractivity contribution in [1.82, 2.24) is 0 Å². The highest BCUT2D eigenvalue weighted by atomic mass is 16.5. The van der Waals surface area contributed by atoms with Crippen LogP contribution in [0, 0.1) is 0 Å². The number of nitrogen functional groups attached to an aromatic ring is 1. The number of nitrogens with two attached hydrogens (primary N) is 2. The highest BCUT2D eigenvalue weighted by Crippen LogP contribution is 2.33. The molecule has 84 valence electrons. The number of hydrogen-bond acceptors (Lipinski definition) is 5. The SMILES string of the molecule is COc1cc(N)c([C@H](N)CO)cc1OC. The van der Waals surface area contributed by atoms with Crippen molar-refractivity contribution in [3.05, 3.63) is 17.7 Å². The molecule has 1 rings (SSSR count). The first-order valence-corrected chi connectivity index (χ1v) is 4.51. The van der Waals surface area contributed by atoms with Gasteiger partial charge in [0.2, 0.25) is 0 Å². The fourth-order valence-corrected chi connectivity index (χ4v) is 1.33. The number of benzene rings is 1. The summed E-state index contributed by atoms with van der Waals surface area (Å²) in [5, 5.41) is 8.95. The van der Waals surface area contributed by atoms with Gasteiger partial charge in [-0.1, -0.05) is 0 Å². The average Bonchev–Trinajstić information content (AvgIpc) is 2.27. The van der Waals surface area contributed by atoms with Crippen LogP contribution in [-0.4, -0.2) is 25.9 Å². The van der Waals surface area contributed by atoms with E-state index in [0.29, 0.717) is 22.7 Å². The molecule has 0 heterocycles. The number of ether oxygens (including phenoxy) is 2. The minimum absolute atomic E-state index is 0.167. The van der Waals surface area contributed by atoms with Gasteiger partial charge in [-0.25, -0.2) is 0 Å². The summed E-state index contributed by atoms with van der Waals surface area (Å²) in [5.41, 5.74) is 12.6. The van der Waals surface area contributed by atoms with Crippen LogP contribution < -0.4 is 20.9 Å². The Morgan fingerprint density at radius 3 is 2.27 bits per heavy atom. The van der Waals surface area contributed by atoms with Crippen molar-refractivity contribution in [2.24, 2.45) is 5.73 Å². The summed E-state index contributed by atoms with van der Waals surface area (Å²) in [5.74, 6) is 1.09. The summed E-state index contributed by atoms with van der Waals surface area (Å²) in [6.45, 7) is -0.167. The van der Waals surface area contributed by atoms with Crippen LogP contribution in [0.3, 0.4) is 0 Å². The van der Waals surface area contributed by atoms with E-state index in [2.05, 4.69) is 0 Å². The minimum atomic E-state index is -0.509. The van der Waals surface area contributed by atoms with Crippen LogP contribution in [0.15, 0.2) is 12.1 Å². The summed E-state index contributed by atoms with van der Waals surface area (Å²) in [6.07, 6.45) is 0. The Morgan fingerprint density at radius 1 is 1.27 bits per heavy atom. The maximum atomic E-state index is 8.95. The second-order valence-electron chi connectivity index (χ2n) is 3.13. The molecule has 0 bridgehead atoms. The van der Waals surface area contributed by atoms with Gasteiger partial charge < -0.3 is 26.0 Å². The summed E-state index contributed by atoms with van der Waals surface area (Å²) in [6, 6.07) is 2.79. The molecular weight excluding hydrogens is 196 g/mol. The number of anilines is 1. The van der Waals surface area contributed by atoms with Crippen LogP contribution in [0.4, 0.5) is 5.69 Å². The standard InChI is InChI=1S/C10H16N2O3/c1-14-9-3-6(8(12)5-13)7(11)4-10(9)15-2/h3-4,8,13H,5,11-12H2,1-2H3/t8-/m1/s1. The second kappa shape index (κ2) is 4.86. The first-order chi connectivity index (χ1) is 7.13. The second-order valence-corrected chi connectivity index (χ2v) is 3.13. The first kappa shape index (κ1) is 11.6. The molecule has 15 heavy (non-hydrogen) atoms. The van der Waals surface area contributed by atoms with E-state index in [9.17, 15) is 0 Å². The zero-order valence-corrected chi connectivity index (χ0v) is 8.86. The van der Waals surface area contributed by atoms with Crippen molar-refractivity contribution in [1.29, 1.82) is 0 Å². The van der Waals surface area contributed by atoms with Crippen LogP contribution in [-0.2, 0) is 0 Å². The average molecular weight is 212 g/mol. The zero-order valence-electron chi connectivity index (χ0n) is 8.86. The molecule has 5 N–H and O–H groups in total. The molecule has 1 aromatic carbocycles. The Hall–Kier alpha value is -1.46. The number of hydrogen-bond donors (Lipinski definition) is 3. The molecule has 0 aliphatic rings. The molecule has 0 unspecified atom stereocenters. The number of rotatable bonds is 4. The maximum absolute atomic E-state index is 8.95. The van der Waals surface area contributed by atoms with Gasteiger partial charge in [-0.2, -0.15) is 0 Å². The number of aliphatic hydroxyl groups excluding tert-OH is 1. The van der Waals surface area contributed by atoms with E-state index in [1.54, 1.807) is 12.1 Å². The van der Waals surface area contributed by atoms with Gasteiger partial charge in [-0.15, -0.1) is 0 Å². The van der Waals surface area contributed by atoms with E-state index in [-0.39, 0.29) is 6.61 Å². The monoisotopic (exact) mass is 212 g/mol. The lowest BCUT2D eigenvalue weighted by atomic mass is 10.1. The van der Waals surface area contributed by atoms with E-state index >= 15 is 0 Å². The fraction of sp³-hybridized carbons (Fsp3) is 0.400. The lowest BCUT2D eigenvalue weighted by Crippen LogP contribution is -2.16. The van der Waals surface area contributed by atoms with E-state index in [1.807, 2.05) is 0 Å². The zero-order chi connectivity index (χ0) is 11.4. The smallest absolute Gasteiger partial charge is 0.162 e. The molecule has 0 spiro atoms. The topological polar surface area (TPSA) is 90.7 Å². The van der Waals surface area contributed by atoms with Gasteiger partial charge >= 0.3 is 0 Å². The molecule has 0 aliphatic carbocycles. The molecule has 1 atom stereocenters. The lowest BCUT2D eigenvalue weighted by Gasteiger charge is -2.15. The molecule has 0 saturated carbocycles. The quantitative estimate of drug-likeness (QED) is 0.623. The van der Waals surface area contributed by atoms with Crippen LogP contribution in [0.5, 0.6) is 11.5 Å². The summed E-state index contributed by atoms with van der Waals surface area (Å²) < 4.78 is 10.2. The molecule has 0 radical (unpaired) electrons. The molecule has 5 nitrogen and oxygen atoms in total. The maximum Gasteiger partial charge on any atom is 0.162 e. The highest BCUT2D eigenvalue weighted by molar-refractivity contribution is 5.59.